The van der Waals surface area contributed by atoms with Crippen LogP contribution in [-0.2, 0) is 0 Å². The lowest BCUT2D eigenvalue weighted by Crippen LogP contribution is -1.94. The van der Waals surface area contributed by atoms with Crippen LogP contribution in [0.25, 0.3) is 0 Å². The lowest BCUT2D eigenvalue weighted by Gasteiger charge is -1.89. The number of allylic oxidation sites excluding steroid dienone is 2. The number of terminal acetylenes is 1. The predicted octanol–water partition coefficient (Wildman–Crippen LogP) is 1.11. The molecule has 0 saturated carbocycles. The molecule has 0 rings (SSSR count). The van der Waals surface area contributed by atoms with Crippen LogP contribution in [0.1, 0.15) is 6.42 Å². The van der Waals surface area contributed by atoms with E-state index in [4.69, 9.17) is 11.5 Å². The number of aliphatic hydroxyl groups is 1. The van der Waals surface area contributed by atoms with Crippen LogP contribution in [0.5, 0.6) is 0 Å². The molecule has 0 spiro atoms. The molecule has 1 nitrogen and oxygen atoms in total. The third-order valence-electron chi connectivity index (χ3n) is 0.792. The highest BCUT2D eigenvalue weighted by molar-refractivity contribution is 5.06. The van der Waals surface area contributed by atoms with Crippen molar-refractivity contribution in [3.63, 3.8) is 0 Å². The molecule has 1 N–H and O–H groups in total. The van der Waals surface area contributed by atoms with Gasteiger partial charge in [0.1, 0.15) is 6.10 Å². The van der Waals surface area contributed by atoms with Crippen LogP contribution in [0, 0.1) is 12.3 Å². The molecule has 0 aromatic rings. The van der Waals surface area contributed by atoms with Gasteiger partial charge in [0.15, 0.2) is 0 Å². The molecule has 1 atom stereocenters. The van der Waals surface area contributed by atoms with E-state index in [9.17, 15) is 0 Å². The Morgan fingerprint density at radius 2 is 2.44 bits per heavy atom. The van der Waals surface area contributed by atoms with Crippen molar-refractivity contribution in [3.05, 3.63) is 24.8 Å². The molecule has 0 aliphatic carbocycles. The van der Waals surface area contributed by atoms with E-state index in [1.54, 1.807) is 18.2 Å². The van der Waals surface area contributed by atoms with E-state index in [-0.39, 0.29) is 0 Å². The molecule has 9 heavy (non-hydrogen) atoms. The molecule has 0 amide bonds. The number of rotatable bonds is 3. The maximum absolute atomic E-state index is 8.73. The molecule has 0 aromatic carbocycles. The molecular weight excluding hydrogens is 112 g/mol. The Morgan fingerprint density at radius 3 is 2.89 bits per heavy atom. The molecule has 0 fully saturated rings. The Hall–Kier alpha value is -1.00. The maximum atomic E-state index is 8.73. The molecular formula is C8H10O. The molecule has 0 aliphatic rings. The van der Waals surface area contributed by atoms with Crippen LogP contribution < -0.4 is 0 Å². The summed E-state index contributed by atoms with van der Waals surface area (Å²) in [7, 11) is 0. The molecule has 0 radical (unpaired) electrons. The smallest absolute Gasteiger partial charge is 0.133 e. The third-order valence-corrected chi connectivity index (χ3v) is 0.792. The molecule has 1 unspecified atom stereocenters. The summed E-state index contributed by atoms with van der Waals surface area (Å²) >= 11 is 0. The van der Waals surface area contributed by atoms with Gasteiger partial charge in [0.25, 0.3) is 0 Å². The third kappa shape index (κ3) is 4.86. The zero-order chi connectivity index (χ0) is 7.11. The van der Waals surface area contributed by atoms with Gasteiger partial charge in [0.05, 0.1) is 0 Å². The standard InChI is InChI=1S/C8H10O/c1-3-5-6-7-8(9)4-2/h2-3,6-9H,1,5H2. The van der Waals surface area contributed by atoms with Crippen molar-refractivity contribution in [1.29, 1.82) is 0 Å². The summed E-state index contributed by atoms with van der Waals surface area (Å²) in [5.41, 5.74) is 0. The van der Waals surface area contributed by atoms with Gasteiger partial charge < -0.3 is 5.11 Å². The van der Waals surface area contributed by atoms with Crippen LogP contribution in [0.15, 0.2) is 24.8 Å². The van der Waals surface area contributed by atoms with Crippen LogP contribution in [-0.4, -0.2) is 11.2 Å². The first-order valence-corrected chi connectivity index (χ1v) is 2.73. The first-order valence-electron chi connectivity index (χ1n) is 2.73. The summed E-state index contributed by atoms with van der Waals surface area (Å²) in [6.45, 7) is 3.50. The van der Waals surface area contributed by atoms with Crippen LogP contribution in [0.2, 0.25) is 0 Å². The van der Waals surface area contributed by atoms with Crippen LogP contribution in [0.3, 0.4) is 0 Å². The zero-order valence-electron chi connectivity index (χ0n) is 5.25. The topological polar surface area (TPSA) is 20.2 Å². The molecule has 48 valence electrons. The second-order valence-corrected chi connectivity index (χ2v) is 1.56. The van der Waals surface area contributed by atoms with Gasteiger partial charge in [-0.15, -0.1) is 13.0 Å². The van der Waals surface area contributed by atoms with Gasteiger partial charge in [-0.1, -0.05) is 18.1 Å². The van der Waals surface area contributed by atoms with E-state index in [2.05, 4.69) is 12.5 Å². The van der Waals surface area contributed by atoms with Crippen molar-refractivity contribution in [2.75, 3.05) is 0 Å². The Kier molecular flexibility index (Phi) is 4.57. The van der Waals surface area contributed by atoms with Gasteiger partial charge in [-0.25, -0.2) is 0 Å². The van der Waals surface area contributed by atoms with Crippen molar-refractivity contribution in [2.45, 2.75) is 12.5 Å². The Morgan fingerprint density at radius 1 is 1.78 bits per heavy atom. The summed E-state index contributed by atoms with van der Waals surface area (Å²) < 4.78 is 0. The SMILES string of the molecule is C#CC(O)C=CCC=C. The van der Waals surface area contributed by atoms with Gasteiger partial charge in [0, 0.05) is 0 Å². The summed E-state index contributed by atoms with van der Waals surface area (Å²) in [5, 5.41) is 8.73. The van der Waals surface area contributed by atoms with Crippen LogP contribution in [0.4, 0.5) is 0 Å². The number of hydrogen-bond donors (Lipinski definition) is 1. The first kappa shape index (κ1) is 8.00. The summed E-state index contributed by atoms with van der Waals surface area (Å²) in [5.74, 6) is 2.16. The minimum Gasteiger partial charge on any atom is -0.377 e. The van der Waals surface area contributed by atoms with Crippen molar-refractivity contribution < 1.29 is 5.11 Å². The van der Waals surface area contributed by atoms with Crippen molar-refractivity contribution in [2.24, 2.45) is 0 Å². The molecule has 0 aromatic heterocycles. The molecule has 0 heterocycles. The zero-order valence-corrected chi connectivity index (χ0v) is 5.25. The van der Waals surface area contributed by atoms with Crippen molar-refractivity contribution in [3.8, 4) is 12.3 Å². The van der Waals surface area contributed by atoms with E-state index in [0.717, 1.165) is 6.42 Å². The molecule has 0 aliphatic heterocycles. The van der Waals surface area contributed by atoms with Crippen LogP contribution >= 0.6 is 0 Å². The van der Waals surface area contributed by atoms with Gasteiger partial charge in [0.2, 0.25) is 0 Å². The normalized spacial score (nSPS) is 12.9. The van der Waals surface area contributed by atoms with E-state index >= 15 is 0 Å². The van der Waals surface area contributed by atoms with E-state index < -0.39 is 6.10 Å². The number of hydrogen-bond acceptors (Lipinski definition) is 1. The highest BCUT2D eigenvalue weighted by Gasteiger charge is 1.85. The Bertz CT molecular complexity index is 139. The highest BCUT2D eigenvalue weighted by Crippen LogP contribution is 1.86. The van der Waals surface area contributed by atoms with Gasteiger partial charge >= 0.3 is 0 Å². The molecule has 0 saturated heterocycles. The fraction of sp³-hybridized carbons (Fsp3) is 0.250. The first-order chi connectivity index (χ1) is 4.31. The van der Waals surface area contributed by atoms with Gasteiger partial charge in [-0.2, -0.15) is 0 Å². The summed E-state index contributed by atoms with van der Waals surface area (Å²) in [6.07, 6.45) is 9.95. The van der Waals surface area contributed by atoms with Gasteiger partial charge in [-0.05, 0) is 12.5 Å². The van der Waals surface area contributed by atoms with Crippen molar-refractivity contribution >= 4 is 0 Å². The van der Waals surface area contributed by atoms with Crippen molar-refractivity contribution in [1.82, 2.24) is 0 Å². The maximum Gasteiger partial charge on any atom is 0.133 e. The quantitative estimate of drug-likeness (QED) is 0.439. The Balaban J connectivity index is 3.46. The lowest BCUT2D eigenvalue weighted by molar-refractivity contribution is 0.280. The van der Waals surface area contributed by atoms with E-state index in [1.165, 1.54) is 0 Å². The highest BCUT2D eigenvalue weighted by atomic mass is 16.3. The largest absolute Gasteiger partial charge is 0.377 e. The van der Waals surface area contributed by atoms with E-state index in [0.29, 0.717) is 0 Å². The fourth-order valence-corrected chi connectivity index (χ4v) is 0.359. The number of aliphatic hydroxyl groups excluding tert-OH is 1. The molecule has 1 heteroatoms. The average Bonchev–Trinajstić information content (AvgIpc) is 1.89. The predicted molar refractivity (Wildman–Crippen MR) is 38.8 cm³/mol. The fourth-order valence-electron chi connectivity index (χ4n) is 0.359. The summed E-state index contributed by atoms with van der Waals surface area (Å²) in [4.78, 5) is 0. The molecule has 0 bridgehead atoms. The average molecular weight is 122 g/mol. The second-order valence-electron chi connectivity index (χ2n) is 1.56. The second kappa shape index (κ2) is 5.14. The lowest BCUT2D eigenvalue weighted by atomic mass is 10.3. The minimum absolute atomic E-state index is 0.745. The van der Waals surface area contributed by atoms with E-state index in [1.807, 2.05) is 0 Å². The Labute approximate surface area is 55.7 Å². The monoisotopic (exact) mass is 122 g/mol. The minimum atomic E-state index is -0.745. The summed E-state index contributed by atoms with van der Waals surface area (Å²) in [6, 6.07) is 0. The van der Waals surface area contributed by atoms with Gasteiger partial charge in [-0.3, -0.25) is 0 Å².